The van der Waals surface area contributed by atoms with E-state index in [9.17, 15) is 0 Å². The van der Waals surface area contributed by atoms with Crippen LogP contribution in [0, 0.1) is 0 Å². The third-order valence-electron chi connectivity index (χ3n) is 5.91. The van der Waals surface area contributed by atoms with Crippen molar-refractivity contribution < 1.29 is 0 Å². The number of anilines is 1. The molecule has 0 atom stereocenters. The molecule has 0 saturated carbocycles. The number of piperazine rings is 1. The molecular formula is C23H43N7. The summed E-state index contributed by atoms with van der Waals surface area (Å²) in [5, 5.41) is 3.64. The van der Waals surface area contributed by atoms with Gasteiger partial charge in [-0.1, -0.05) is 27.7 Å². The molecule has 1 aromatic rings. The number of likely N-dealkylation sites (N-methyl/N-ethyl adjacent to an activating group) is 2. The standard InChI is InChI=1S/C21H37N7.C2H6/c1-5-9-27-12-14-28(15-13-27)21-18(19(6-2)23-17-24-21)7-8-22-16-20-25(3)10-11-26(20)4;1-2/h10-11,17,20,22H,5-9,12-16H2,1-4H3;1-2H3. The highest BCUT2D eigenvalue weighted by atomic mass is 15.4. The van der Waals surface area contributed by atoms with E-state index in [1.54, 1.807) is 6.33 Å². The van der Waals surface area contributed by atoms with E-state index >= 15 is 0 Å². The Morgan fingerprint density at radius 2 is 1.67 bits per heavy atom. The number of rotatable bonds is 9. The van der Waals surface area contributed by atoms with E-state index < -0.39 is 0 Å². The average molecular weight is 418 g/mol. The van der Waals surface area contributed by atoms with Crippen LogP contribution in [0.15, 0.2) is 18.7 Å². The molecule has 0 amide bonds. The summed E-state index contributed by atoms with van der Waals surface area (Å²) >= 11 is 0. The summed E-state index contributed by atoms with van der Waals surface area (Å²) in [5.41, 5.74) is 2.52. The van der Waals surface area contributed by atoms with Crippen molar-refractivity contribution in [1.82, 2.24) is 30.0 Å². The summed E-state index contributed by atoms with van der Waals surface area (Å²) < 4.78 is 0. The molecule has 0 aliphatic carbocycles. The summed E-state index contributed by atoms with van der Waals surface area (Å²) in [6.45, 7) is 15.9. The van der Waals surface area contributed by atoms with Crippen LogP contribution in [0.4, 0.5) is 5.82 Å². The Balaban J connectivity index is 0.00000155. The summed E-state index contributed by atoms with van der Waals surface area (Å²) in [5.74, 6) is 1.15. The molecule has 1 saturated heterocycles. The predicted octanol–water partition coefficient (Wildman–Crippen LogP) is 2.40. The molecule has 7 nitrogen and oxygen atoms in total. The van der Waals surface area contributed by atoms with Gasteiger partial charge in [-0.25, -0.2) is 9.97 Å². The molecule has 2 aliphatic heterocycles. The topological polar surface area (TPSA) is 50.8 Å². The van der Waals surface area contributed by atoms with Gasteiger partial charge in [0.1, 0.15) is 18.3 Å². The van der Waals surface area contributed by atoms with Crippen molar-refractivity contribution in [2.45, 2.75) is 53.1 Å². The lowest BCUT2D eigenvalue weighted by atomic mass is 10.1. The summed E-state index contributed by atoms with van der Waals surface area (Å²) in [7, 11) is 4.26. The van der Waals surface area contributed by atoms with Crippen molar-refractivity contribution in [2.24, 2.45) is 0 Å². The maximum atomic E-state index is 4.70. The molecule has 3 heterocycles. The number of nitrogens with zero attached hydrogens (tertiary/aromatic N) is 6. The Kier molecular flexibility index (Phi) is 10.4. The maximum absolute atomic E-state index is 4.70. The van der Waals surface area contributed by atoms with E-state index in [0.29, 0.717) is 6.17 Å². The van der Waals surface area contributed by atoms with Crippen LogP contribution >= 0.6 is 0 Å². The van der Waals surface area contributed by atoms with Crippen molar-refractivity contribution in [3.8, 4) is 0 Å². The van der Waals surface area contributed by atoms with Gasteiger partial charge in [-0.2, -0.15) is 0 Å². The van der Waals surface area contributed by atoms with Gasteiger partial charge >= 0.3 is 0 Å². The van der Waals surface area contributed by atoms with E-state index in [1.165, 1.54) is 24.2 Å². The summed E-state index contributed by atoms with van der Waals surface area (Å²) in [6, 6.07) is 0. The molecule has 0 spiro atoms. The number of aromatic nitrogens is 2. The van der Waals surface area contributed by atoms with E-state index in [0.717, 1.165) is 57.9 Å². The molecule has 0 bridgehead atoms. The smallest absolute Gasteiger partial charge is 0.135 e. The maximum Gasteiger partial charge on any atom is 0.135 e. The van der Waals surface area contributed by atoms with E-state index in [1.807, 2.05) is 13.8 Å². The molecule has 1 aromatic heterocycles. The number of hydrogen-bond donors (Lipinski definition) is 1. The Morgan fingerprint density at radius 3 is 2.27 bits per heavy atom. The van der Waals surface area contributed by atoms with Crippen LogP contribution in [0.2, 0.25) is 0 Å². The number of nitrogens with one attached hydrogen (secondary N) is 1. The van der Waals surface area contributed by atoms with Gasteiger partial charge in [0.15, 0.2) is 0 Å². The van der Waals surface area contributed by atoms with Crippen LogP contribution < -0.4 is 10.2 Å². The van der Waals surface area contributed by atoms with Gasteiger partial charge in [-0.3, -0.25) is 4.90 Å². The molecule has 0 unspecified atom stereocenters. The lowest BCUT2D eigenvalue weighted by Gasteiger charge is -2.36. The van der Waals surface area contributed by atoms with Crippen LogP contribution in [0.5, 0.6) is 0 Å². The zero-order valence-corrected chi connectivity index (χ0v) is 20.1. The van der Waals surface area contributed by atoms with Crippen LogP contribution in [0.25, 0.3) is 0 Å². The molecule has 0 aromatic carbocycles. The van der Waals surface area contributed by atoms with Gasteiger partial charge in [0.25, 0.3) is 0 Å². The fourth-order valence-corrected chi connectivity index (χ4v) is 4.20. The molecule has 0 radical (unpaired) electrons. The van der Waals surface area contributed by atoms with Crippen molar-refractivity contribution in [3.63, 3.8) is 0 Å². The molecule has 3 rings (SSSR count). The minimum Gasteiger partial charge on any atom is -0.358 e. The van der Waals surface area contributed by atoms with Gasteiger partial charge in [-0.05, 0) is 32.4 Å². The zero-order chi connectivity index (χ0) is 21.9. The van der Waals surface area contributed by atoms with Crippen molar-refractivity contribution in [3.05, 3.63) is 30.0 Å². The molecule has 170 valence electrons. The minimum atomic E-state index is 0.392. The first-order valence-corrected chi connectivity index (χ1v) is 11.8. The fourth-order valence-electron chi connectivity index (χ4n) is 4.20. The highest BCUT2D eigenvalue weighted by Gasteiger charge is 2.22. The third kappa shape index (κ3) is 6.32. The van der Waals surface area contributed by atoms with Crippen LogP contribution in [-0.2, 0) is 12.8 Å². The van der Waals surface area contributed by atoms with E-state index in [-0.39, 0.29) is 0 Å². The molecule has 30 heavy (non-hydrogen) atoms. The second-order valence-electron chi connectivity index (χ2n) is 7.87. The van der Waals surface area contributed by atoms with Gasteiger partial charge in [0.05, 0.1) is 0 Å². The van der Waals surface area contributed by atoms with Crippen molar-refractivity contribution >= 4 is 5.82 Å². The van der Waals surface area contributed by atoms with Gasteiger partial charge in [0, 0.05) is 70.5 Å². The first-order chi connectivity index (χ1) is 14.6. The minimum absolute atomic E-state index is 0.392. The van der Waals surface area contributed by atoms with Crippen LogP contribution in [0.3, 0.4) is 0 Å². The second-order valence-corrected chi connectivity index (χ2v) is 7.87. The highest BCUT2D eigenvalue weighted by Crippen LogP contribution is 2.22. The van der Waals surface area contributed by atoms with E-state index in [2.05, 4.69) is 70.2 Å². The average Bonchev–Trinajstić information content (AvgIpc) is 3.10. The normalized spacial score (nSPS) is 17.5. The SMILES string of the molecule is CC.CCCN1CCN(c2ncnc(CC)c2CCNCC2N(C)C=CN2C)CC1. The first-order valence-electron chi connectivity index (χ1n) is 11.8. The van der Waals surface area contributed by atoms with E-state index in [4.69, 9.17) is 4.98 Å². The first kappa shape index (κ1) is 24.4. The summed E-state index contributed by atoms with van der Waals surface area (Å²) in [4.78, 5) is 18.8. The molecule has 2 aliphatic rings. The summed E-state index contributed by atoms with van der Waals surface area (Å²) in [6.07, 6.45) is 9.55. The molecule has 1 fully saturated rings. The fraction of sp³-hybridized carbons (Fsp3) is 0.739. The molecule has 7 heteroatoms. The van der Waals surface area contributed by atoms with Gasteiger partial charge < -0.3 is 20.0 Å². The second kappa shape index (κ2) is 12.7. The highest BCUT2D eigenvalue weighted by molar-refractivity contribution is 5.49. The monoisotopic (exact) mass is 417 g/mol. The predicted molar refractivity (Wildman–Crippen MR) is 127 cm³/mol. The quantitative estimate of drug-likeness (QED) is 0.619. The molecular weight excluding hydrogens is 374 g/mol. The Labute approximate surface area is 184 Å². The Bertz CT molecular complexity index is 628. The zero-order valence-electron chi connectivity index (χ0n) is 20.1. The van der Waals surface area contributed by atoms with Crippen LogP contribution in [0.1, 0.15) is 45.4 Å². The van der Waals surface area contributed by atoms with Crippen LogP contribution in [-0.4, -0.2) is 90.7 Å². The van der Waals surface area contributed by atoms with Crippen molar-refractivity contribution in [2.75, 3.05) is 64.8 Å². The van der Waals surface area contributed by atoms with Gasteiger partial charge in [-0.15, -0.1) is 0 Å². The number of hydrogen-bond acceptors (Lipinski definition) is 7. The Morgan fingerprint density at radius 1 is 1.00 bits per heavy atom. The third-order valence-corrected chi connectivity index (χ3v) is 5.91. The van der Waals surface area contributed by atoms with Crippen molar-refractivity contribution in [1.29, 1.82) is 0 Å². The largest absolute Gasteiger partial charge is 0.358 e. The van der Waals surface area contributed by atoms with Gasteiger partial charge in [0.2, 0.25) is 0 Å². The lowest BCUT2D eigenvalue weighted by Crippen LogP contribution is -2.47. The molecule has 1 N–H and O–H groups in total. The lowest BCUT2D eigenvalue weighted by molar-refractivity contribution is 0.200. The Hall–Kier alpha value is -1.86. The number of aryl methyl sites for hydroxylation is 1.